The molecule has 0 unspecified atom stereocenters. The van der Waals surface area contributed by atoms with Gasteiger partial charge in [-0.2, -0.15) is 0 Å². The van der Waals surface area contributed by atoms with Crippen molar-refractivity contribution >= 4 is 0 Å². The van der Waals surface area contributed by atoms with E-state index in [2.05, 4.69) is 13.2 Å². The van der Waals surface area contributed by atoms with Crippen molar-refractivity contribution in [2.24, 2.45) is 0 Å². The summed E-state index contributed by atoms with van der Waals surface area (Å²) in [7, 11) is 0. The second kappa shape index (κ2) is 9.03. The van der Waals surface area contributed by atoms with Crippen LogP contribution in [0.2, 0.25) is 0 Å². The highest BCUT2D eigenvalue weighted by atomic mass is 16.5. The van der Waals surface area contributed by atoms with Crippen LogP contribution in [0.1, 0.15) is 5.56 Å². The first-order chi connectivity index (χ1) is 7.20. The standard InChI is InChI=1S/C7H8O.C6H10O/c1-6-2-4-7(8)5-3-6;1-3-5-7-6-4-2/h2-5,8H,1H3;3-4H,1-2,5-6H2. The van der Waals surface area contributed by atoms with Crippen molar-refractivity contribution in [1.29, 1.82) is 0 Å². The number of hydrogen-bond donors (Lipinski definition) is 1. The third-order valence-corrected chi connectivity index (χ3v) is 1.51. The molecule has 1 aromatic rings. The minimum absolute atomic E-state index is 0.329. The number of ether oxygens (including phenoxy) is 1. The van der Waals surface area contributed by atoms with E-state index in [-0.39, 0.29) is 0 Å². The van der Waals surface area contributed by atoms with Crippen molar-refractivity contribution in [1.82, 2.24) is 0 Å². The lowest BCUT2D eigenvalue weighted by Gasteiger charge is -1.89. The number of rotatable bonds is 4. The lowest BCUT2D eigenvalue weighted by Crippen LogP contribution is -1.87. The molecule has 2 nitrogen and oxygen atoms in total. The lowest BCUT2D eigenvalue weighted by molar-refractivity contribution is 0.194. The summed E-state index contributed by atoms with van der Waals surface area (Å²) in [6.45, 7) is 10.2. The molecular formula is C13H18O2. The van der Waals surface area contributed by atoms with E-state index in [1.54, 1.807) is 24.3 Å². The largest absolute Gasteiger partial charge is 0.508 e. The van der Waals surface area contributed by atoms with E-state index in [4.69, 9.17) is 9.84 Å². The quantitative estimate of drug-likeness (QED) is 0.606. The van der Waals surface area contributed by atoms with Gasteiger partial charge in [0.15, 0.2) is 0 Å². The molecule has 0 aliphatic carbocycles. The summed E-state index contributed by atoms with van der Waals surface area (Å²) in [5.74, 6) is 0.329. The molecule has 82 valence electrons. The fourth-order valence-electron chi connectivity index (χ4n) is 0.779. The van der Waals surface area contributed by atoms with Crippen LogP contribution in [0.5, 0.6) is 5.75 Å². The zero-order chi connectivity index (χ0) is 11.5. The average molecular weight is 206 g/mol. The Kier molecular flexibility index (Phi) is 8.10. The Morgan fingerprint density at radius 3 is 1.93 bits per heavy atom. The molecule has 0 aromatic heterocycles. The van der Waals surface area contributed by atoms with Crippen molar-refractivity contribution < 1.29 is 9.84 Å². The summed E-state index contributed by atoms with van der Waals surface area (Å²) in [4.78, 5) is 0. The number of aromatic hydroxyl groups is 1. The fourth-order valence-corrected chi connectivity index (χ4v) is 0.779. The van der Waals surface area contributed by atoms with Crippen molar-refractivity contribution in [3.8, 4) is 5.75 Å². The first-order valence-corrected chi connectivity index (χ1v) is 4.76. The molecule has 1 rings (SSSR count). The predicted molar refractivity (Wildman–Crippen MR) is 64.1 cm³/mol. The van der Waals surface area contributed by atoms with Gasteiger partial charge < -0.3 is 9.84 Å². The molecule has 15 heavy (non-hydrogen) atoms. The molecule has 0 fully saturated rings. The van der Waals surface area contributed by atoms with E-state index < -0.39 is 0 Å². The van der Waals surface area contributed by atoms with Crippen LogP contribution in [0.4, 0.5) is 0 Å². The van der Waals surface area contributed by atoms with Crippen LogP contribution in [-0.4, -0.2) is 18.3 Å². The van der Waals surface area contributed by atoms with Crippen LogP contribution in [0.15, 0.2) is 49.6 Å². The number of aryl methyl sites for hydroxylation is 1. The summed E-state index contributed by atoms with van der Waals surface area (Å²) < 4.78 is 4.90. The Balaban J connectivity index is 0.000000265. The molecule has 0 saturated heterocycles. The number of benzene rings is 1. The second-order valence-corrected chi connectivity index (χ2v) is 2.95. The third-order valence-electron chi connectivity index (χ3n) is 1.51. The maximum absolute atomic E-state index is 8.76. The minimum atomic E-state index is 0.329. The maximum Gasteiger partial charge on any atom is 0.115 e. The van der Waals surface area contributed by atoms with Gasteiger partial charge in [-0.1, -0.05) is 29.8 Å². The molecule has 0 bridgehead atoms. The summed E-state index contributed by atoms with van der Waals surface area (Å²) >= 11 is 0. The smallest absolute Gasteiger partial charge is 0.115 e. The van der Waals surface area contributed by atoms with Gasteiger partial charge in [-0.3, -0.25) is 0 Å². The highest BCUT2D eigenvalue weighted by Crippen LogP contribution is 2.07. The van der Waals surface area contributed by atoms with Crippen molar-refractivity contribution in [2.45, 2.75) is 6.92 Å². The van der Waals surface area contributed by atoms with Crippen LogP contribution < -0.4 is 0 Å². The number of phenols is 1. The van der Waals surface area contributed by atoms with Gasteiger partial charge in [0.05, 0.1) is 13.2 Å². The monoisotopic (exact) mass is 206 g/mol. The molecule has 0 heterocycles. The van der Waals surface area contributed by atoms with Gasteiger partial charge in [-0.15, -0.1) is 13.2 Å². The molecule has 0 saturated carbocycles. The Morgan fingerprint density at radius 1 is 1.13 bits per heavy atom. The van der Waals surface area contributed by atoms with E-state index in [0.717, 1.165) is 0 Å². The number of phenolic OH excluding ortho intramolecular Hbond substituents is 1. The van der Waals surface area contributed by atoms with Gasteiger partial charge in [-0.25, -0.2) is 0 Å². The highest BCUT2D eigenvalue weighted by molar-refractivity contribution is 5.24. The average Bonchev–Trinajstić information content (AvgIpc) is 2.24. The highest BCUT2D eigenvalue weighted by Gasteiger charge is 1.82. The number of hydrogen-bond acceptors (Lipinski definition) is 2. The molecule has 2 heteroatoms. The van der Waals surface area contributed by atoms with Crippen LogP contribution in [0, 0.1) is 6.92 Å². The van der Waals surface area contributed by atoms with Crippen LogP contribution in [0.25, 0.3) is 0 Å². The Hall–Kier alpha value is -1.54. The third kappa shape index (κ3) is 8.78. The summed E-state index contributed by atoms with van der Waals surface area (Å²) in [5, 5.41) is 8.76. The summed E-state index contributed by atoms with van der Waals surface area (Å²) in [5.41, 5.74) is 1.17. The fraction of sp³-hybridized carbons (Fsp3) is 0.231. The van der Waals surface area contributed by atoms with Gasteiger partial charge in [0.2, 0.25) is 0 Å². The van der Waals surface area contributed by atoms with Crippen LogP contribution in [0.3, 0.4) is 0 Å². The summed E-state index contributed by atoms with van der Waals surface area (Å²) in [6.07, 6.45) is 3.42. The normalized spacial score (nSPS) is 8.60. The molecule has 1 N–H and O–H groups in total. The lowest BCUT2D eigenvalue weighted by atomic mass is 10.2. The topological polar surface area (TPSA) is 29.5 Å². The van der Waals surface area contributed by atoms with Gasteiger partial charge in [0.25, 0.3) is 0 Å². The Bertz CT molecular complexity index is 246. The molecule has 0 aliphatic heterocycles. The van der Waals surface area contributed by atoms with Crippen LogP contribution in [-0.2, 0) is 4.74 Å². The van der Waals surface area contributed by atoms with Crippen molar-refractivity contribution in [3.05, 3.63) is 55.1 Å². The van der Waals surface area contributed by atoms with Gasteiger partial charge in [0.1, 0.15) is 5.75 Å². The molecule has 0 spiro atoms. The Labute approximate surface area is 91.5 Å². The van der Waals surface area contributed by atoms with E-state index in [1.165, 1.54) is 5.56 Å². The van der Waals surface area contributed by atoms with E-state index in [1.807, 2.05) is 19.1 Å². The van der Waals surface area contributed by atoms with E-state index >= 15 is 0 Å². The Morgan fingerprint density at radius 2 is 1.60 bits per heavy atom. The molecule has 0 aliphatic rings. The molecule has 0 amide bonds. The van der Waals surface area contributed by atoms with Gasteiger partial charge in [0, 0.05) is 0 Å². The minimum Gasteiger partial charge on any atom is -0.508 e. The van der Waals surface area contributed by atoms with E-state index in [0.29, 0.717) is 19.0 Å². The summed E-state index contributed by atoms with van der Waals surface area (Å²) in [6, 6.07) is 7.09. The van der Waals surface area contributed by atoms with Gasteiger partial charge >= 0.3 is 0 Å². The van der Waals surface area contributed by atoms with E-state index in [9.17, 15) is 0 Å². The first kappa shape index (κ1) is 13.5. The zero-order valence-electron chi connectivity index (χ0n) is 9.15. The van der Waals surface area contributed by atoms with Crippen molar-refractivity contribution in [3.63, 3.8) is 0 Å². The SMILES string of the molecule is C=CCOCC=C.Cc1ccc(O)cc1. The second-order valence-electron chi connectivity index (χ2n) is 2.95. The molecule has 0 atom stereocenters. The van der Waals surface area contributed by atoms with Crippen molar-refractivity contribution in [2.75, 3.05) is 13.2 Å². The first-order valence-electron chi connectivity index (χ1n) is 4.76. The predicted octanol–water partition coefficient (Wildman–Crippen LogP) is 3.08. The zero-order valence-corrected chi connectivity index (χ0v) is 9.15. The maximum atomic E-state index is 8.76. The molecule has 1 aromatic carbocycles. The molecular weight excluding hydrogens is 188 g/mol. The van der Waals surface area contributed by atoms with Crippen LogP contribution >= 0.6 is 0 Å². The van der Waals surface area contributed by atoms with Gasteiger partial charge in [-0.05, 0) is 19.1 Å². The molecule has 0 radical (unpaired) electrons.